The van der Waals surface area contributed by atoms with Crippen molar-refractivity contribution in [2.75, 3.05) is 31.1 Å². The monoisotopic (exact) mass is 426 g/mol. The minimum atomic E-state index is 0. The molecule has 0 aliphatic carbocycles. The third-order valence-corrected chi connectivity index (χ3v) is 4.85. The first-order valence-electron chi connectivity index (χ1n) is 7.67. The van der Waals surface area contributed by atoms with E-state index >= 15 is 0 Å². The summed E-state index contributed by atoms with van der Waals surface area (Å²) in [6.45, 7) is 4.56. The maximum atomic E-state index is 11.2. The van der Waals surface area contributed by atoms with Crippen LogP contribution >= 0.6 is 35.7 Å². The Hall–Kier alpha value is -0.180. The molecule has 2 heterocycles. The minimum Gasteiger partial charge on any atom is -0.357 e. The van der Waals surface area contributed by atoms with Crippen LogP contribution in [0.5, 0.6) is 0 Å². The lowest BCUT2D eigenvalue weighted by Gasteiger charge is -2.26. The molecule has 0 saturated carbocycles. The normalized spacial score (nSPS) is 24.0. The first kappa shape index (κ1) is 18.9. The summed E-state index contributed by atoms with van der Waals surface area (Å²) in [6.07, 6.45) is 4.06. The van der Waals surface area contributed by atoms with Gasteiger partial charge in [-0.25, -0.2) is 0 Å². The van der Waals surface area contributed by atoms with Gasteiger partial charge in [0.2, 0.25) is 5.91 Å². The highest BCUT2D eigenvalue weighted by Gasteiger charge is 2.19. The van der Waals surface area contributed by atoms with Crippen molar-refractivity contribution in [3.8, 4) is 0 Å². The number of amides is 1. The van der Waals surface area contributed by atoms with Crippen molar-refractivity contribution in [2.24, 2.45) is 10.9 Å². The molecule has 122 valence electrons. The van der Waals surface area contributed by atoms with Gasteiger partial charge >= 0.3 is 0 Å². The number of hydrogen-bond acceptors (Lipinski definition) is 3. The first-order valence-corrected chi connectivity index (χ1v) is 8.82. The molecule has 0 aromatic heterocycles. The Bertz CT molecular complexity index is 338. The third-order valence-electron chi connectivity index (χ3n) is 3.80. The van der Waals surface area contributed by atoms with Gasteiger partial charge in [0.25, 0.3) is 0 Å². The molecule has 0 aromatic rings. The number of piperidine rings is 1. The van der Waals surface area contributed by atoms with Crippen molar-refractivity contribution >= 4 is 47.6 Å². The van der Waals surface area contributed by atoms with E-state index in [9.17, 15) is 4.79 Å². The highest BCUT2D eigenvalue weighted by atomic mass is 127. The van der Waals surface area contributed by atoms with Gasteiger partial charge in [0, 0.05) is 32.1 Å². The fourth-order valence-corrected chi connectivity index (χ4v) is 3.72. The Labute approximate surface area is 148 Å². The molecular weight excluding hydrogens is 399 g/mol. The molecule has 7 heteroatoms. The first-order chi connectivity index (χ1) is 9.78. The van der Waals surface area contributed by atoms with Gasteiger partial charge in [-0.1, -0.05) is 0 Å². The molecule has 0 spiro atoms. The van der Waals surface area contributed by atoms with Gasteiger partial charge in [0.05, 0.1) is 0 Å². The molecule has 21 heavy (non-hydrogen) atoms. The summed E-state index contributed by atoms with van der Waals surface area (Å²) in [5.74, 6) is 4.34. The van der Waals surface area contributed by atoms with E-state index in [1.165, 1.54) is 24.3 Å². The van der Waals surface area contributed by atoms with Gasteiger partial charge in [-0.05, 0) is 43.6 Å². The molecule has 2 rings (SSSR count). The van der Waals surface area contributed by atoms with Gasteiger partial charge in [0.15, 0.2) is 5.96 Å². The maximum Gasteiger partial charge on any atom is 0.220 e. The topological polar surface area (TPSA) is 65.5 Å². The Morgan fingerprint density at radius 2 is 2.14 bits per heavy atom. The smallest absolute Gasteiger partial charge is 0.220 e. The molecular formula is C14H27IN4OS. The summed E-state index contributed by atoms with van der Waals surface area (Å²) in [6, 6.07) is 0.299. The van der Waals surface area contributed by atoms with Crippen molar-refractivity contribution in [3.05, 3.63) is 0 Å². The number of aliphatic imine (C=N–C) groups is 1. The number of nitrogens with one attached hydrogen (secondary N) is 3. The zero-order chi connectivity index (χ0) is 14.2. The van der Waals surface area contributed by atoms with Crippen LogP contribution in [0.1, 0.15) is 32.6 Å². The molecule has 1 unspecified atom stereocenters. The Kier molecular flexibility index (Phi) is 9.46. The van der Waals surface area contributed by atoms with Crippen LogP contribution in [0.2, 0.25) is 0 Å². The molecule has 2 aliphatic heterocycles. The number of halogens is 1. The number of hydrogen-bond donors (Lipinski definition) is 3. The molecule has 0 bridgehead atoms. The summed E-state index contributed by atoms with van der Waals surface area (Å²) < 4.78 is 0. The third kappa shape index (κ3) is 7.08. The standard InChI is InChI=1S/C14H26N4OS.HI/c1-2-15-14(17-9-11-5-7-20-8-6-11)18-12-3-4-13(19)16-10-12;/h11-12H,2-10H2,1H3,(H,16,19)(H2,15,17,18);1H. The number of nitrogens with zero attached hydrogens (tertiary/aromatic N) is 1. The predicted molar refractivity (Wildman–Crippen MR) is 101 cm³/mol. The van der Waals surface area contributed by atoms with Crippen LogP contribution in [0.3, 0.4) is 0 Å². The SMILES string of the molecule is CCNC(=NCC1CCSCC1)NC1CCC(=O)NC1.I. The second kappa shape index (κ2) is 10.5. The fraction of sp³-hybridized carbons (Fsp3) is 0.857. The van der Waals surface area contributed by atoms with E-state index in [1.54, 1.807) is 0 Å². The Morgan fingerprint density at radius 3 is 2.76 bits per heavy atom. The molecule has 2 fully saturated rings. The van der Waals surface area contributed by atoms with Crippen molar-refractivity contribution in [1.29, 1.82) is 0 Å². The zero-order valence-corrected chi connectivity index (χ0v) is 15.8. The van der Waals surface area contributed by atoms with Crippen LogP contribution in [0, 0.1) is 5.92 Å². The van der Waals surface area contributed by atoms with Crippen molar-refractivity contribution in [3.63, 3.8) is 0 Å². The molecule has 1 amide bonds. The van der Waals surface area contributed by atoms with E-state index < -0.39 is 0 Å². The van der Waals surface area contributed by atoms with E-state index in [4.69, 9.17) is 4.99 Å². The number of carbonyl (C=O) groups excluding carboxylic acids is 1. The predicted octanol–water partition coefficient (Wildman–Crippen LogP) is 1.58. The van der Waals surface area contributed by atoms with Crippen LogP contribution in [-0.4, -0.2) is 49.0 Å². The van der Waals surface area contributed by atoms with Gasteiger partial charge in [-0.15, -0.1) is 24.0 Å². The van der Waals surface area contributed by atoms with E-state index in [0.29, 0.717) is 19.0 Å². The average molecular weight is 426 g/mol. The number of thioether (sulfide) groups is 1. The zero-order valence-electron chi connectivity index (χ0n) is 12.7. The van der Waals surface area contributed by atoms with Crippen LogP contribution in [-0.2, 0) is 4.79 Å². The van der Waals surface area contributed by atoms with Crippen molar-refractivity contribution in [1.82, 2.24) is 16.0 Å². The largest absolute Gasteiger partial charge is 0.357 e. The van der Waals surface area contributed by atoms with Crippen LogP contribution in [0.25, 0.3) is 0 Å². The van der Waals surface area contributed by atoms with Gasteiger partial charge in [-0.2, -0.15) is 11.8 Å². The average Bonchev–Trinajstić information content (AvgIpc) is 2.48. The lowest BCUT2D eigenvalue weighted by molar-refractivity contribution is -0.122. The maximum absolute atomic E-state index is 11.2. The van der Waals surface area contributed by atoms with Crippen LogP contribution in [0.4, 0.5) is 0 Å². The molecule has 5 nitrogen and oxygen atoms in total. The summed E-state index contributed by atoms with van der Waals surface area (Å²) in [5.41, 5.74) is 0. The molecule has 2 aliphatic rings. The summed E-state index contributed by atoms with van der Waals surface area (Å²) >= 11 is 2.05. The summed E-state index contributed by atoms with van der Waals surface area (Å²) in [7, 11) is 0. The second-order valence-corrected chi connectivity index (χ2v) is 6.68. The lowest BCUT2D eigenvalue weighted by Crippen LogP contribution is -2.51. The number of guanidine groups is 1. The van der Waals surface area contributed by atoms with Gasteiger partial charge < -0.3 is 16.0 Å². The summed E-state index contributed by atoms with van der Waals surface area (Å²) in [4.78, 5) is 15.9. The summed E-state index contributed by atoms with van der Waals surface area (Å²) in [5, 5.41) is 9.64. The van der Waals surface area contributed by atoms with Crippen molar-refractivity contribution in [2.45, 2.75) is 38.6 Å². The van der Waals surface area contributed by atoms with E-state index in [-0.39, 0.29) is 29.9 Å². The molecule has 3 N–H and O–H groups in total. The van der Waals surface area contributed by atoms with E-state index in [2.05, 4.69) is 34.6 Å². The second-order valence-electron chi connectivity index (χ2n) is 5.46. The van der Waals surface area contributed by atoms with Gasteiger partial charge in [-0.3, -0.25) is 9.79 Å². The Balaban J connectivity index is 0.00000220. The molecule has 1 atom stereocenters. The highest BCUT2D eigenvalue weighted by Crippen LogP contribution is 2.22. The van der Waals surface area contributed by atoms with Crippen LogP contribution in [0.15, 0.2) is 4.99 Å². The van der Waals surface area contributed by atoms with Crippen molar-refractivity contribution < 1.29 is 4.79 Å². The quantitative estimate of drug-likeness (QED) is 0.363. The van der Waals surface area contributed by atoms with E-state index in [0.717, 1.165) is 31.4 Å². The molecule has 0 radical (unpaired) electrons. The molecule has 0 aromatic carbocycles. The number of carbonyl (C=O) groups is 1. The van der Waals surface area contributed by atoms with E-state index in [1.807, 2.05) is 0 Å². The van der Waals surface area contributed by atoms with Crippen LogP contribution < -0.4 is 16.0 Å². The fourth-order valence-electron chi connectivity index (χ4n) is 2.52. The number of rotatable bonds is 4. The molecule has 2 saturated heterocycles. The van der Waals surface area contributed by atoms with Gasteiger partial charge in [0.1, 0.15) is 0 Å². The highest BCUT2D eigenvalue weighted by molar-refractivity contribution is 14.0. The lowest BCUT2D eigenvalue weighted by atomic mass is 10.0. The Morgan fingerprint density at radius 1 is 1.38 bits per heavy atom. The minimum absolute atomic E-state index is 0.